The van der Waals surface area contributed by atoms with Crippen molar-refractivity contribution < 1.29 is 5.11 Å². The zero-order chi connectivity index (χ0) is 9.26. The summed E-state index contributed by atoms with van der Waals surface area (Å²) in [6.07, 6.45) is 4.34. The van der Waals surface area contributed by atoms with Crippen molar-refractivity contribution in [3.05, 3.63) is 48.4 Å². The molecule has 0 spiro atoms. The lowest BCUT2D eigenvalue weighted by Crippen LogP contribution is -2.14. The summed E-state index contributed by atoms with van der Waals surface area (Å²) in [6.45, 7) is 3.72. The van der Waals surface area contributed by atoms with Crippen molar-refractivity contribution in [2.45, 2.75) is 18.4 Å². The standard InChI is InChI=1S/C12H13O/c1-2-12(13)11-8-7-9-5-3-4-6-10(9)11/h3-8,11-13H,1-2H2. The molecule has 1 N–H and O–H groups in total. The summed E-state index contributed by atoms with van der Waals surface area (Å²) in [5.41, 5.74) is 2.44. The van der Waals surface area contributed by atoms with E-state index in [0.717, 1.165) is 0 Å². The molecule has 0 saturated heterocycles. The van der Waals surface area contributed by atoms with Gasteiger partial charge in [0.25, 0.3) is 0 Å². The lowest BCUT2D eigenvalue weighted by Gasteiger charge is -2.16. The van der Waals surface area contributed by atoms with Crippen LogP contribution >= 0.6 is 0 Å². The molecule has 0 aliphatic heterocycles. The quantitative estimate of drug-likeness (QED) is 0.728. The van der Waals surface area contributed by atoms with E-state index in [9.17, 15) is 5.11 Å². The Morgan fingerprint density at radius 3 is 2.92 bits per heavy atom. The Labute approximate surface area is 78.7 Å². The van der Waals surface area contributed by atoms with Crippen LogP contribution in [0.5, 0.6) is 0 Å². The molecule has 1 aliphatic carbocycles. The van der Waals surface area contributed by atoms with Gasteiger partial charge in [-0.15, -0.1) is 0 Å². The second kappa shape index (κ2) is 3.35. The molecule has 1 heteroatoms. The van der Waals surface area contributed by atoms with Crippen LogP contribution < -0.4 is 0 Å². The first-order valence-corrected chi connectivity index (χ1v) is 4.57. The van der Waals surface area contributed by atoms with Gasteiger partial charge < -0.3 is 5.11 Å². The summed E-state index contributed by atoms with van der Waals surface area (Å²) >= 11 is 0. The lowest BCUT2D eigenvalue weighted by atomic mass is 9.94. The van der Waals surface area contributed by atoms with Gasteiger partial charge in [-0.05, 0) is 17.5 Å². The number of aliphatic hydroxyl groups excluding tert-OH is 1. The molecule has 0 aromatic heterocycles. The summed E-state index contributed by atoms with van der Waals surface area (Å²) in [5, 5.41) is 9.69. The number of rotatable bonds is 2. The molecule has 1 radical (unpaired) electrons. The van der Waals surface area contributed by atoms with Crippen LogP contribution in [0.2, 0.25) is 0 Å². The Hall–Kier alpha value is -1.08. The number of hydrogen-bond acceptors (Lipinski definition) is 1. The number of hydrogen-bond donors (Lipinski definition) is 1. The highest BCUT2D eigenvalue weighted by atomic mass is 16.3. The molecule has 0 bridgehead atoms. The van der Waals surface area contributed by atoms with Crippen LogP contribution in [0.15, 0.2) is 30.3 Å². The molecule has 67 valence electrons. The molecular weight excluding hydrogens is 160 g/mol. The van der Waals surface area contributed by atoms with Crippen LogP contribution in [-0.2, 0) is 0 Å². The first-order chi connectivity index (χ1) is 6.33. The van der Waals surface area contributed by atoms with Crippen molar-refractivity contribution in [1.82, 2.24) is 0 Å². The molecule has 0 heterocycles. The molecule has 1 aromatic rings. The van der Waals surface area contributed by atoms with Crippen molar-refractivity contribution in [1.29, 1.82) is 0 Å². The predicted octanol–water partition coefficient (Wildman–Crippen LogP) is 2.38. The Balaban J connectivity index is 2.33. The molecule has 13 heavy (non-hydrogen) atoms. The van der Waals surface area contributed by atoms with Crippen LogP contribution in [0.25, 0.3) is 6.08 Å². The van der Waals surface area contributed by atoms with E-state index in [-0.39, 0.29) is 12.0 Å². The molecule has 1 aromatic carbocycles. The van der Waals surface area contributed by atoms with Crippen LogP contribution in [0.1, 0.15) is 23.5 Å². The number of benzene rings is 1. The molecule has 1 nitrogen and oxygen atoms in total. The third-order valence-electron chi connectivity index (χ3n) is 2.55. The number of fused-ring (bicyclic) bond motifs is 1. The summed E-state index contributed by atoms with van der Waals surface area (Å²) in [4.78, 5) is 0. The zero-order valence-electron chi connectivity index (χ0n) is 7.48. The predicted molar refractivity (Wildman–Crippen MR) is 54.2 cm³/mol. The van der Waals surface area contributed by atoms with Crippen LogP contribution in [-0.4, -0.2) is 11.2 Å². The van der Waals surface area contributed by atoms with Gasteiger partial charge in [-0.1, -0.05) is 43.3 Å². The Bertz CT molecular complexity index is 328. The maximum absolute atomic E-state index is 9.69. The minimum Gasteiger partial charge on any atom is -0.392 e. The maximum Gasteiger partial charge on any atom is 0.0643 e. The van der Waals surface area contributed by atoms with Gasteiger partial charge in [0, 0.05) is 5.92 Å². The third kappa shape index (κ3) is 1.40. The van der Waals surface area contributed by atoms with Crippen LogP contribution in [0.4, 0.5) is 0 Å². The lowest BCUT2D eigenvalue weighted by molar-refractivity contribution is 0.162. The van der Waals surface area contributed by atoms with Gasteiger partial charge in [-0.25, -0.2) is 0 Å². The normalized spacial score (nSPS) is 21.5. The summed E-state index contributed by atoms with van der Waals surface area (Å²) < 4.78 is 0. The molecule has 0 saturated carbocycles. The summed E-state index contributed by atoms with van der Waals surface area (Å²) in [7, 11) is 0. The van der Waals surface area contributed by atoms with E-state index in [1.54, 1.807) is 0 Å². The monoisotopic (exact) mass is 173 g/mol. The minimum absolute atomic E-state index is 0.147. The second-order valence-electron chi connectivity index (χ2n) is 3.37. The minimum atomic E-state index is -0.347. The van der Waals surface area contributed by atoms with Gasteiger partial charge in [-0.2, -0.15) is 0 Å². The summed E-state index contributed by atoms with van der Waals surface area (Å²) in [6, 6.07) is 8.16. The Morgan fingerprint density at radius 1 is 1.38 bits per heavy atom. The van der Waals surface area contributed by atoms with Gasteiger partial charge >= 0.3 is 0 Å². The average Bonchev–Trinajstić information content (AvgIpc) is 2.60. The smallest absolute Gasteiger partial charge is 0.0643 e. The number of aliphatic hydroxyl groups is 1. The van der Waals surface area contributed by atoms with E-state index >= 15 is 0 Å². The second-order valence-corrected chi connectivity index (χ2v) is 3.37. The summed E-state index contributed by atoms with van der Waals surface area (Å²) in [5.74, 6) is 0.147. The van der Waals surface area contributed by atoms with E-state index in [4.69, 9.17) is 0 Å². The zero-order valence-corrected chi connectivity index (χ0v) is 7.48. The van der Waals surface area contributed by atoms with Gasteiger partial charge in [0.05, 0.1) is 6.10 Å². The molecule has 0 amide bonds. The van der Waals surface area contributed by atoms with Crippen LogP contribution in [0.3, 0.4) is 0 Å². The molecule has 2 rings (SSSR count). The SMILES string of the molecule is [CH2]CC(O)C1C=Cc2ccccc21. The average molecular weight is 173 g/mol. The van der Waals surface area contributed by atoms with E-state index in [1.807, 2.05) is 12.1 Å². The van der Waals surface area contributed by atoms with E-state index < -0.39 is 0 Å². The highest BCUT2D eigenvalue weighted by Gasteiger charge is 2.22. The van der Waals surface area contributed by atoms with Gasteiger partial charge in [-0.3, -0.25) is 0 Å². The fourth-order valence-electron chi connectivity index (χ4n) is 1.79. The molecule has 1 aliphatic rings. The van der Waals surface area contributed by atoms with E-state index in [2.05, 4.69) is 31.2 Å². The van der Waals surface area contributed by atoms with Crippen LogP contribution in [0, 0.1) is 6.92 Å². The van der Waals surface area contributed by atoms with E-state index in [1.165, 1.54) is 11.1 Å². The fourth-order valence-corrected chi connectivity index (χ4v) is 1.79. The van der Waals surface area contributed by atoms with E-state index in [0.29, 0.717) is 6.42 Å². The molecular formula is C12H13O. The van der Waals surface area contributed by atoms with Gasteiger partial charge in [0.15, 0.2) is 0 Å². The van der Waals surface area contributed by atoms with Crippen molar-refractivity contribution in [3.63, 3.8) is 0 Å². The largest absolute Gasteiger partial charge is 0.392 e. The first-order valence-electron chi connectivity index (χ1n) is 4.57. The fraction of sp³-hybridized carbons (Fsp3) is 0.250. The highest BCUT2D eigenvalue weighted by Crippen LogP contribution is 2.32. The molecule has 2 atom stereocenters. The van der Waals surface area contributed by atoms with Gasteiger partial charge in [0.2, 0.25) is 0 Å². The first kappa shape index (κ1) is 8.52. The third-order valence-corrected chi connectivity index (χ3v) is 2.55. The van der Waals surface area contributed by atoms with Crippen molar-refractivity contribution >= 4 is 6.08 Å². The maximum atomic E-state index is 9.69. The Kier molecular flexibility index (Phi) is 2.19. The highest BCUT2D eigenvalue weighted by molar-refractivity contribution is 5.62. The van der Waals surface area contributed by atoms with Crippen molar-refractivity contribution in [3.8, 4) is 0 Å². The van der Waals surface area contributed by atoms with Crippen molar-refractivity contribution in [2.24, 2.45) is 0 Å². The van der Waals surface area contributed by atoms with Crippen molar-refractivity contribution in [2.75, 3.05) is 0 Å². The molecule has 0 fully saturated rings. The van der Waals surface area contributed by atoms with Gasteiger partial charge in [0.1, 0.15) is 0 Å². The topological polar surface area (TPSA) is 20.2 Å². The molecule has 2 unspecified atom stereocenters. The Morgan fingerprint density at radius 2 is 2.15 bits per heavy atom.